The molecule has 1 saturated heterocycles. The molecule has 0 unspecified atom stereocenters. The van der Waals surface area contributed by atoms with E-state index in [2.05, 4.69) is 4.90 Å². The lowest BCUT2D eigenvalue weighted by Crippen LogP contribution is -2.48. The van der Waals surface area contributed by atoms with E-state index in [-0.39, 0.29) is 5.91 Å². The normalized spacial score (nSPS) is 15.1. The summed E-state index contributed by atoms with van der Waals surface area (Å²) < 4.78 is 49.9. The second kappa shape index (κ2) is 10.0. The lowest BCUT2D eigenvalue weighted by atomic mass is 10.1. The molecule has 0 atom stereocenters. The van der Waals surface area contributed by atoms with Crippen molar-refractivity contribution < 1.29 is 27.4 Å². The molecular formula is C23H27F3N2O3. The van der Waals surface area contributed by atoms with Crippen LogP contribution < -0.4 is 9.47 Å². The molecule has 1 fully saturated rings. The number of hydrogen-bond acceptors (Lipinski definition) is 4. The zero-order valence-corrected chi connectivity index (χ0v) is 17.7. The van der Waals surface area contributed by atoms with Gasteiger partial charge < -0.3 is 14.4 Å². The van der Waals surface area contributed by atoms with Crippen molar-refractivity contribution in [2.75, 3.05) is 39.4 Å². The minimum Gasteiger partial charge on any atom is -0.490 e. The van der Waals surface area contributed by atoms with Crippen LogP contribution in [0.15, 0.2) is 42.5 Å². The summed E-state index contributed by atoms with van der Waals surface area (Å²) in [5.41, 5.74) is 0.500. The van der Waals surface area contributed by atoms with Crippen molar-refractivity contribution >= 4 is 5.91 Å². The van der Waals surface area contributed by atoms with E-state index in [1.165, 1.54) is 12.1 Å². The minimum atomic E-state index is -4.35. The van der Waals surface area contributed by atoms with E-state index >= 15 is 0 Å². The average molecular weight is 436 g/mol. The summed E-state index contributed by atoms with van der Waals surface area (Å²) in [7, 11) is 0. The van der Waals surface area contributed by atoms with Crippen molar-refractivity contribution in [3.05, 3.63) is 59.2 Å². The first-order valence-corrected chi connectivity index (χ1v) is 10.4. The average Bonchev–Trinajstić information content (AvgIpc) is 2.75. The Morgan fingerprint density at radius 3 is 2.26 bits per heavy atom. The first-order valence-electron chi connectivity index (χ1n) is 10.4. The summed E-state index contributed by atoms with van der Waals surface area (Å²) in [5.74, 6) is 1.05. The third-order valence-corrected chi connectivity index (χ3v) is 5.11. The Balaban J connectivity index is 1.60. The summed E-state index contributed by atoms with van der Waals surface area (Å²) in [4.78, 5) is 16.7. The molecule has 3 rings (SSSR count). The van der Waals surface area contributed by atoms with Gasteiger partial charge in [0, 0.05) is 38.3 Å². The van der Waals surface area contributed by atoms with Crippen LogP contribution in [0.5, 0.6) is 11.5 Å². The van der Waals surface area contributed by atoms with Gasteiger partial charge >= 0.3 is 6.18 Å². The summed E-state index contributed by atoms with van der Waals surface area (Å²) in [6, 6.07) is 10.6. The van der Waals surface area contributed by atoms with Gasteiger partial charge in [0.05, 0.1) is 18.8 Å². The first-order chi connectivity index (χ1) is 14.8. The second-order valence-electron chi connectivity index (χ2n) is 7.29. The van der Waals surface area contributed by atoms with Crippen molar-refractivity contribution in [2.45, 2.75) is 26.6 Å². The van der Waals surface area contributed by atoms with Gasteiger partial charge in [-0.3, -0.25) is 9.69 Å². The van der Waals surface area contributed by atoms with Crippen LogP contribution in [0.1, 0.15) is 35.3 Å². The highest BCUT2D eigenvalue weighted by atomic mass is 19.4. The van der Waals surface area contributed by atoms with Crippen LogP contribution in [-0.4, -0.2) is 55.1 Å². The largest absolute Gasteiger partial charge is 0.490 e. The van der Waals surface area contributed by atoms with E-state index in [9.17, 15) is 18.0 Å². The lowest BCUT2D eigenvalue weighted by Gasteiger charge is -2.35. The number of amides is 1. The van der Waals surface area contributed by atoms with E-state index in [4.69, 9.17) is 9.47 Å². The Kier molecular flexibility index (Phi) is 7.43. The number of nitrogens with zero attached hydrogens (tertiary/aromatic N) is 2. The minimum absolute atomic E-state index is 0.0947. The number of halogens is 3. The lowest BCUT2D eigenvalue weighted by molar-refractivity contribution is -0.137. The smallest absolute Gasteiger partial charge is 0.416 e. The van der Waals surface area contributed by atoms with Crippen LogP contribution in [-0.2, 0) is 12.7 Å². The molecule has 0 radical (unpaired) electrons. The van der Waals surface area contributed by atoms with Gasteiger partial charge in [-0.2, -0.15) is 13.2 Å². The van der Waals surface area contributed by atoms with Crippen molar-refractivity contribution in [3.63, 3.8) is 0 Å². The number of rotatable bonds is 7. The second-order valence-corrected chi connectivity index (χ2v) is 7.29. The van der Waals surface area contributed by atoms with Gasteiger partial charge in [0.25, 0.3) is 5.91 Å². The van der Waals surface area contributed by atoms with Gasteiger partial charge in [0.1, 0.15) is 0 Å². The predicted molar refractivity (Wildman–Crippen MR) is 111 cm³/mol. The number of alkyl halides is 3. The molecule has 1 aliphatic heterocycles. The Bertz CT molecular complexity index is 894. The fourth-order valence-corrected chi connectivity index (χ4v) is 3.58. The van der Waals surface area contributed by atoms with Crippen molar-refractivity contribution in [1.82, 2.24) is 9.80 Å². The van der Waals surface area contributed by atoms with Crippen molar-refractivity contribution in [1.29, 1.82) is 0 Å². The maximum absolute atomic E-state index is 12.9. The maximum atomic E-state index is 12.9. The van der Waals surface area contributed by atoms with Crippen LogP contribution in [0.4, 0.5) is 13.2 Å². The molecule has 5 nitrogen and oxygen atoms in total. The van der Waals surface area contributed by atoms with E-state index in [0.29, 0.717) is 68.6 Å². The van der Waals surface area contributed by atoms with Crippen molar-refractivity contribution in [2.24, 2.45) is 0 Å². The molecule has 1 amide bonds. The molecular weight excluding hydrogens is 409 g/mol. The van der Waals surface area contributed by atoms with E-state index < -0.39 is 11.7 Å². The monoisotopic (exact) mass is 436 g/mol. The maximum Gasteiger partial charge on any atom is 0.416 e. The van der Waals surface area contributed by atoms with Gasteiger partial charge in [-0.25, -0.2) is 0 Å². The SMILES string of the molecule is CCOc1ccc(C(=O)N2CCN(Cc3cccc(C(F)(F)F)c3)CC2)cc1OCC. The Hall–Kier alpha value is -2.74. The summed E-state index contributed by atoms with van der Waals surface area (Å²) in [6.07, 6.45) is -4.35. The number of carbonyl (C=O) groups excluding carboxylic acids is 1. The van der Waals surface area contributed by atoms with E-state index in [1.807, 2.05) is 13.8 Å². The van der Waals surface area contributed by atoms with E-state index in [0.717, 1.165) is 6.07 Å². The third kappa shape index (κ3) is 5.91. The standard InChI is InChI=1S/C23H27F3N2O3/c1-3-30-20-9-8-18(15-21(20)31-4-2)22(29)28-12-10-27(11-13-28)16-17-6-5-7-19(14-17)23(24,25)26/h5-9,14-15H,3-4,10-13,16H2,1-2H3. The predicted octanol–water partition coefficient (Wildman–Crippen LogP) is 4.46. The molecule has 2 aromatic rings. The van der Waals surface area contributed by atoms with E-state index in [1.54, 1.807) is 29.2 Å². The molecule has 2 aromatic carbocycles. The highest BCUT2D eigenvalue weighted by Gasteiger charge is 2.30. The molecule has 1 aliphatic rings. The van der Waals surface area contributed by atoms with Crippen LogP contribution in [0, 0.1) is 0 Å². The Labute approximate surface area is 180 Å². The zero-order chi connectivity index (χ0) is 22.4. The van der Waals surface area contributed by atoms with Crippen LogP contribution >= 0.6 is 0 Å². The van der Waals surface area contributed by atoms with Crippen LogP contribution in [0.25, 0.3) is 0 Å². The number of hydrogen-bond donors (Lipinski definition) is 0. The Morgan fingerprint density at radius 2 is 1.61 bits per heavy atom. The van der Waals surface area contributed by atoms with Gasteiger partial charge in [0.2, 0.25) is 0 Å². The molecule has 0 saturated carbocycles. The first kappa shape index (κ1) is 22.9. The molecule has 0 spiro atoms. The summed E-state index contributed by atoms with van der Waals surface area (Å²) >= 11 is 0. The molecule has 0 aromatic heterocycles. The molecule has 8 heteroatoms. The van der Waals surface area contributed by atoms with Gasteiger partial charge in [-0.1, -0.05) is 18.2 Å². The zero-order valence-electron chi connectivity index (χ0n) is 17.7. The number of carbonyl (C=O) groups is 1. The number of piperazine rings is 1. The fraction of sp³-hybridized carbons (Fsp3) is 0.435. The molecule has 1 heterocycles. The van der Waals surface area contributed by atoms with Crippen LogP contribution in [0.3, 0.4) is 0 Å². The molecule has 31 heavy (non-hydrogen) atoms. The number of ether oxygens (including phenoxy) is 2. The van der Waals surface area contributed by atoms with Crippen LogP contribution in [0.2, 0.25) is 0 Å². The van der Waals surface area contributed by atoms with Gasteiger partial charge in [0.15, 0.2) is 11.5 Å². The third-order valence-electron chi connectivity index (χ3n) is 5.11. The highest BCUT2D eigenvalue weighted by molar-refractivity contribution is 5.95. The highest BCUT2D eigenvalue weighted by Crippen LogP contribution is 2.30. The quantitative estimate of drug-likeness (QED) is 0.643. The topological polar surface area (TPSA) is 42.0 Å². The molecule has 0 bridgehead atoms. The van der Waals surface area contributed by atoms with Gasteiger partial charge in [-0.05, 0) is 43.7 Å². The molecule has 168 valence electrons. The Morgan fingerprint density at radius 1 is 0.935 bits per heavy atom. The summed E-state index contributed by atoms with van der Waals surface area (Å²) in [5, 5.41) is 0. The summed E-state index contributed by atoms with van der Waals surface area (Å²) in [6.45, 7) is 7.34. The molecule has 0 aliphatic carbocycles. The molecule has 0 N–H and O–H groups in total. The number of benzene rings is 2. The van der Waals surface area contributed by atoms with Crippen molar-refractivity contribution in [3.8, 4) is 11.5 Å². The fourth-order valence-electron chi connectivity index (χ4n) is 3.58. The van der Waals surface area contributed by atoms with Gasteiger partial charge in [-0.15, -0.1) is 0 Å².